The van der Waals surface area contributed by atoms with Gasteiger partial charge in [0.25, 0.3) is 0 Å². The number of anilines is 1. The molecule has 0 unspecified atom stereocenters. The molecule has 4 N–H and O–H groups in total. The van der Waals surface area contributed by atoms with Gasteiger partial charge in [0.1, 0.15) is 0 Å². The van der Waals surface area contributed by atoms with Crippen LogP contribution in [0, 0.1) is 0 Å². The zero-order valence-corrected chi connectivity index (χ0v) is 15.7. The van der Waals surface area contributed by atoms with Crippen LogP contribution in [0.5, 0.6) is 0 Å². The summed E-state index contributed by atoms with van der Waals surface area (Å²) in [6.45, 7) is 0.386. The third kappa shape index (κ3) is 5.59. The molecule has 3 aromatic rings. The summed E-state index contributed by atoms with van der Waals surface area (Å²) >= 11 is 5.88. The lowest BCUT2D eigenvalue weighted by Crippen LogP contribution is -2.23. The molecule has 3 amide bonds. The smallest absolute Gasteiger partial charge is 0.316 e. The van der Waals surface area contributed by atoms with Crippen LogP contribution in [0.25, 0.3) is 11.3 Å². The number of benzene rings is 2. The maximum Gasteiger partial charge on any atom is 0.316 e. The first kappa shape index (κ1) is 19.4. The number of aryl methyl sites for hydroxylation is 1. The van der Waals surface area contributed by atoms with Crippen LogP contribution in [0.2, 0.25) is 5.02 Å². The fraction of sp³-hybridized carbons (Fsp3) is 0.150. The lowest BCUT2D eigenvalue weighted by molar-refractivity contribution is -0.121. The molecule has 7 nitrogen and oxygen atoms in total. The maximum absolute atomic E-state index is 12.0. The highest BCUT2D eigenvalue weighted by molar-refractivity contribution is 6.30. The average molecular weight is 399 g/mol. The van der Waals surface area contributed by atoms with Crippen molar-refractivity contribution in [1.82, 2.24) is 10.3 Å². The van der Waals surface area contributed by atoms with E-state index < -0.39 is 6.03 Å². The number of primary amides is 1. The van der Waals surface area contributed by atoms with E-state index in [-0.39, 0.29) is 12.3 Å². The van der Waals surface area contributed by atoms with Crippen LogP contribution < -0.4 is 16.4 Å². The number of hydrogen-bond donors (Lipinski definition) is 3. The number of nitrogens with two attached hydrogens (primary N) is 1. The van der Waals surface area contributed by atoms with E-state index in [0.717, 1.165) is 11.1 Å². The van der Waals surface area contributed by atoms with E-state index in [0.29, 0.717) is 35.3 Å². The molecule has 8 heteroatoms. The number of oxazole rings is 1. The lowest BCUT2D eigenvalue weighted by Gasteiger charge is -2.06. The minimum atomic E-state index is -0.619. The van der Waals surface area contributed by atoms with Crippen molar-refractivity contribution < 1.29 is 14.0 Å². The summed E-state index contributed by atoms with van der Waals surface area (Å²) in [5.41, 5.74) is 7.44. The quantitative estimate of drug-likeness (QED) is 0.563. The number of nitrogens with zero attached hydrogens (tertiary/aromatic N) is 1. The Hall–Kier alpha value is -3.32. The first-order chi connectivity index (χ1) is 13.5. The molecule has 2 aromatic carbocycles. The zero-order valence-electron chi connectivity index (χ0n) is 14.9. The molecular weight excluding hydrogens is 380 g/mol. The fourth-order valence-electron chi connectivity index (χ4n) is 2.53. The topological polar surface area (TPSA) is 110 Å². The van der Waals surface area contributed by atoms with Crippen molar-refractivity contribution in [3.05, 3.63) is 71.2 Å². The second-order valence-electron chi connectivity index (χ2n) is 6.09. The third-order valence-corrected chi connectivity index (χ3v) is 4.21. The Morgan fingerprint density at radius 1 is 1.07 bits per heavy atom. The molecule has 28 heavy (non-hydrogen) atoms. The maximum atomic E-state index is 12.0. The number of carbonyl (C=O) groups excluding carboxylic acids is 2. The summed E-state index contributed by atoms with van der Waals surface area (Å²) in [6.07, 6.45) is 2.31. The summed E-state index contributed by atoms with van der Waals surface area (Å²) in [5, 5.41) is 5.97. The van der Waals surface area contributed by atoms with Gasteiger partial charge in [-0.15, -0.1) is 0 Å². The number of rotatable bonds is 7. The Bertz CT molecular complexity index is 952. The van der Waals surface area contributed by atoms with Crippen molar-refractivity contribution in [3.8, 4) is 11.3 Å². The monoisotopic (exact) mass is 398 g/mol. The zero-order chi connectivity index (χ0) is 19.9. The number of amides is 3. The Labute approximate surface area is 166 Å². The number of aromatic nitrogens is 1. The van der Waals surface area contributed by atoms with Gasteiger partial charge in [-0.3, -0.25) is 4.79 Å². The Morgan fingerprint density at radius 3 is 2.46 bits per heavy atom. The molecule has 1 aromatic heterocycles. The van der Waals surface area contributed by atoms with E-state index in [1.165, 1.54) is 0 Å². The summed E-state index contributed by atoms with van der Waals surface area (Å²) in [4.78, 5) is 27.1. The molecule has 0 saturated heterocycles. The second kappa shape index (κ2) is 9.05. The van der Waals surface area contributed by atoms with Crippen molar-refractivity contribution in [2.24, 2.45) is 5.73 Å². The van der Waals surface area contributed by atoms with Crippen LogP contribution in [0.15, 0.2) is 59.1 Å². The summed E-state index contributed by atoms with van der Waals surface area (Å²) in [6, 6.07) is 13.7. The van der Waals surface area contributed by atoms with Gasteiger partial charge < -0.3 is 20.8 Å². The second-order valence-corrected chi connectivity index (χ2v) is 6.52. The van der Waals surface area contributed by atoms with Gasteiger partial charge in [-0.1, -0.05) is 23.7 Å². The number of nitrogens with one attached hydrogen (secondary N) is 2. The molecule has 0 radical (unpaired) electrons. The molecule has 0 aliphatic carbocycles. The van der Waals surface area contributed by atoms with Crippen LogP contribution in [0.1, 0.15) is 17.9 Å². The van der Waals surface area contributed by atoms with Gasteiger partial charge in [0.05, 0.1) is 6.20 Å². The molecule has 0 spiro atoms. The van der Waals surface area contributed by atoms with Crippen LogP contribution in [0.3, 0.4) is 0 Å². The predicted octanol–water partition coefficient (Wildman–Crippen LogP) is 3.73. The predicted molar refractivity (Wildman–Crippen MR) is 107 cm³/mol. The standard InChI is InChI=1S/C20H19ClN4O3/c21-15-5-3-14(4-6-15)17-12-24-19(28-17)10-9-18(26)23-11-13-1-7-16(8-2-13)25-20(22)27/h1-8,12H,9-11H2,(H,23,26)(H3,22,25,27). The molecule has 0 bridgehead atoms. The minimum absolute atomic E-state index is 0.106. The molecule has 0 aliphatic rings. The Kier molecular flexibility index (Phi) is 6.29. The number of urea groups is 1. The number of carbonyl (C=O) groups is 2. The van der Waals surface area contributed by atoms with E-state index >= 15 is 0 Å². The molecule has 0 saturated carbocycles. The Balaban J connectivity index is 1.45. The van der Waals surface area contributed by atoms with Gasteiger partial charge in [-0.25, -0.2) is 9.78 Å². The SMILES string of the molecule is NC(=O)Nc1ccc(CNC(=O)CCc2ncc(-c3ccc(Cl)cc3)o2)cc1. The van der Waals surface area contributed by atoms with Gasteiger partial charge in [0.2, 0.25) is 5.91 Å². The summed E-state index contributed by atoms with van der Waals surface area (Å²) in [7, 11) is 0. The lowest BCUT2D eigenvalue weighted by atomic mass is 10.2. The van der Waals surface area contributed by atoms with Crippen LogP contribution >= 0.6 is 11.6 Å². The Morgan fingerprint density at radius 2 is 1.79 bits per heavy atom. The molecule has 1 heterocycles. The van der Waals surface area contributed by atoms with Crippen LogP contribution in [-0.2, 0) is 17.8 Å². The van der Waals surface area contributed by atoms with Crippen molar-refractivity contribution >= 4 is 29.2 Å². The highest BCUT2D eigenvalue weighted by Crippen LogP contribution is 2.22. The summed E-state index contributed by atoms with van der Waals surface area (Å²) in [5.74, 6) is 1.03. The van der Waals surface area contributed by atoms with Crippen molar-refractivity contribution in [3.63, 3.8) is 0 Å². The van der Waals surface area contributed by atoms with Gasteiger partial charge in [0.15, 0.2) is 11.7 Å². The summed E-state index contributed by atoms with van der Waals surface area (Å²) < 4.78 is 5.69. The van der Waals surface area contributed by atoms with Crippen molar-refractivity contribution in [2.45, 2.75) is 19.4 Å². The average Bonchev–Trinajstić information content (AvgIpc) is 3.15. The molecule has 0 fully saturated rings. The number of halogens is 1. The highest BCUT2D eigenvalue weighted by atomic mass is 35.5. The van der Waals surface area contributed by atoms with E-state index in [9.17, 15) is 9.59 Å². The number of hydrogen-bond acceptors (Lipinski definition) is 4. The van der Waals surface area contributed by atoms with E-state index in [1.807, 2.05) is 12.1 Å². The van der Waals surface area contributed by atoms with Gasteiger partial charge in [-0.05, 0) is 42.0 Å². The molecule has 0 atom stereocenters. The van der Waals surface area contributed by atoms with E-state index in [1.54, 1.807) is 42.6 Å². The van der Waals surface area contributed by atoms with Gasteiger partial charge in [-0.2, -0.15) is 0 Å². The largest absolute Gasteiger partial charge is 0.441 e. The molecule has 0 aliphatic heterocycles. The van der Waals surface area contributed by atoms with E-state index in [2.05, 4.69) is 15.6 Å². The van der Waals surface area contributed by atoms with Gasteiger partial charge >= 0.3 is 6.03 Å². The van der Waals surface area contributed by atoms with Crippen molar-refractivity contribution in [1.29, 1.82) is 0 Å². The van der Waals surface area contributed by atoms with Crippen LogP contribution in [0.4, 0.5) is 10.5 Å². The van der Waals surface area contributed by atoms with Gasteiger partial charge in [0, 0.05) is 35.7 Å². The minimum Gasteiger partial charge on any atom is -0.441 e. The van der Waals surface area contributed by atoms with E-state index in [4.69, 9.17) is 21.8 Å². The van der Waals surface area contributed by atoms with Crippen molar-refractivity contribution in [2.75, 3.05) is 5.32 Å². The molecule has 144 valence electrons. The molecular formula is C20H19ClN4O3. The first-order valence-corrected chi connectivity index (χ1v) is 9.00. The highest BCUT2D eigenvalue weighted by Gasteiger charge is 2.09. The van der Waals surface area contributed by atoms with Crippen LogP contribution in [-0.4, -0.2) is 16.9 Å². The fourth-order valence-corrected chi connectivity index (χ4v) is 2.66. The normalized spacial score (nSPS) is 10.5. The molecule has 3 rings (SSSR count). The first-order valence-electron chi connectivity index (χ1n) is 8.62. The third-order valence-electron chi connectivity index (χ3n) is 3.96.